The minimum atomic E-state index is -0.455. The van der Waals surface area contributed by atoms with E-state index >= 15 is 0 Å². The fourth-order valence-corrected chi connectivity index (χ4v) is 1.20. The summed E-state index contributed by atoms with van der Waals surface area (Å²) in [6.45, 7) is 0.514. The Labute approximate surface area is 76.0 Å². The molecule has 0 aromatic rings. The molecule has 0 aliphatic carbocycles. The molecule has 1 rings (SSSR count). The van der Waals surface area contributed by atoms with Gasteiger partial charge in [0.15, 0.2) is 0 Å². The zero-order valence-electron chi connectivity index (χ0n) is 7.45. The quantitative estimate of drug-likeness (QED) is 0.510. The van der Waals surface area contributed by atoms with Crippen LogP contribution in [0.2, 0.25) is 0 Å². The van der Waals surface area contributed by atoms with Crippen LogP contribution in [-0.4, -0.2) is 43.0 Å². The predicted molar refractivity (Wildman–Crippen MR) is 44.3 cm³/mol. The highest BCUT2D eigenvalue weighted by Crippen LogP contribution is 2.16. The van der Waals surface area contributed by atoms with Crippen LogP contribution in [0, 0.1) is 0 Å². The summed E-state index contributed by atoms with van der Waals surface area (Å²) in [5.74, 6) is -0.673. The maximum Gasteiger partial charge on any atom is 0.251 e. The fraction of sp³-hybridized carbons (Fsp3) is 0.714. The highest BCUT2D eigenvalue weighted by Gasteiger charge is 2.35. The summed E-state index contributed by atoms with van der Waals surface area (Å²) >= 11 is 0. The molecule has 3 N–H and O–H groups in total. The highest BCUT2D eigenvalue weighted by molar-refractivity contribution is 5.88. The number of likely N-dealkylation sites (tertiary alicyclic amines) is 1. The number of hydrogen-bond acceptors (Lipinski definition) is 4. The van der Waals surface area contributed by atoms with Crippen LogP contribution in [0.3, 0.4) is 0 Å². The van der Waals surface area contributed by atoms with Crippen LogP contribution in [0.1, 0.15) is 6.42 Å². The van der Waals surface area contributed by atoms with Gasteiger partial charge in [0, 0.05) is 13.6 Å². The minimum Gasteiger partial charge on any atom is -0.368 e. The van der Waals surface area contributed by atoms with Gasteiger partial charge >= 0.3 is 0 Å². The van der Waals surface area contributed by atoms with E-state index < -0.39 is 11.9 Å². The summed E-state index contributed by atoms with van der Waals surface area (Å²) in [6.07, 6.45) is 0.653. The van der Waals surface area contributed by atoms with Gasteiger partial charge in [-0.05, 0) is 6.42 Å². The number of rotatable bonds is 4. The molecule has 1 saturated heterocycles. The molecule has 0 aromatic heterocycles. The monoisotopic (exact) mass is 187 g/mol. The molecule has 1 aliphatic rings. The molecule has 1 fully saturated rings. The van der Waals surface area contributed by atoms with Crippen molar-refractivity contribution in [3.63, 3.8) is 0 Å². The van der Waals surface area contributed by atoms with Crippen LogP contribution < -0.4 is 11.2 Å². The van der Waals surface area contributed by atoms with Crippen LogP contribution in [0.25, 0.3) is 0 Å². The van der Waals surface area contributed by atoms with Gasteiger partial charge in [-0.1, -0.05) is 0 Å². The average Bonchev–Trinajstić information content (AvgIpc) is 1.97. The molecule has 0 spiro atoms. The third-order valence-electron chi connectivity index (χ3n) is 2.01. The Morgan fingerprint density at radius 1 is 1.69 bits per heavy atom. The molecule has 0 saturated carbocycles. The second-order valence-electron chi connectivity index (χ2n) is 2.79. The number of nitrogens with zero attached hydrogens (tertiary/aromatic N) is 1. The van der Waals surface area contributed by atoms with Crippen molar-refractivity contribution in [3.8, 4) is 0 Å². The second kappa shape index (κ2) is 4.20. The Bertz CT molecular complexity index is 219. The molecule has 1 atom stereocenters. The van der Waals surface area contributed by atoms with Crippen molar-refractivity contribution in [2.24, 2.45) is 5.73 Å². The van der Waals surface area contributed by atoms with Gasteiger partial charge in [0.2, 0.25) is 5.91 Å². The molecular formula is C7H13N3O3. The first-order chi connectivity index (χ1) is 6.16. The van der Waals surface area contributed by atoms with E-state index in [9.17, 15) is 9.59 Å². The van der Waals surface area contributed by atoms with E-state index in [1.54, 1.807) is 7.05 Å². The molecule has 13 heavy (non-hydrogen) atoms. The van der Waals surface area contributed by atoms with Crippen molar-refractivity contribution in [2.45, 2.75) is 12.5 Å². The fourth-order valence-electron chi connectivity index (χ4n) is 1.20. The summed E-state index contributed by atoms with van der Waals surface area (Å²) in [5.41, 5.74) is 7.45. The van der Waals surface area contributed by atoms with Gasteiger partial charge in [0.05, 0.1) is 0 Å². The lowest BCUT2D eigenvalue weighted by molar-refractivity contribution is -0.151. The predicted octanol–water partition coefficient (Wildman–Crippen LogP) is -1.78. The van der Waals surface area contributed by atoms with Gasteiger partial charge < -0.3 is 10.6 Å². The van der Waals surface area contributed by atoms with E-state index in [-0.39, 0.29) is 12.5 Å². The van der Waals surface area contributed by atoms with Crippen LogP contribution in [0.4, 0.5) is 0 Å². The Kier molecular flexibility index (Phi) is 3.21. The lowest BCUT2D eigenvalue weighted by atomic mass is 10.0. The molecule has 0 aromatic carbocycles. The molecule has 0 radical (unpaired) electrons. The molecule has 74 valence electrons. The third-order valence-corrected chi connectivity index (χ3v) is 2.01. The smallest absolute Gasteiger partial charge is 0.251 e. The van der Waals surface area contributed by atoms with Crippen LogP contribution >= 0.6 is 0 Å². The van der Waals surface area contributed by atoms with E-state index in [0.717, 1.165) is 0 Å². The lowest BCUT2D eigenvalue weighted by Gasteiger charge is -2.38. The summed E-state index contributed by atoms with van der Waals surface area (Å²) in [5, 5.41) is 0. The van der Waals surface area contributed by atoms with E-state index in [0.29, 0.717) is 13.0 Å². The zero-order valence-corrected chi connectivity index (χ0v) is 7.45. The van der Waals surface area contributed by atoms with Crippen molar-refractivity contribution in [3.05, 3.63) is 0 Å². The number of carbonyl (C=O) groups is 2. The molecule has 6 heteroatoms. The summed E-state index contributed by atoms with van der Waals surface area (Å²) in [4.78, 5) is 28.1. The number of primary amides is 1. The van der Waals surface area contributed by atoms with E-state index in [1.165, 1.54) is 4.90 Å². The number of carbonyl (C=O) groups excluding carboxylic acids is 2. The van der Waals surface area contributed by atoms with Gasteiger partial charge in [-0.3, -0.25) is 14.4 Å². The lowest BCUT2D eigenvalue weighted by Crippen LogP contribution is -2.58. The number of nitrogens with two attached hydrogens (primary N) is 1. The molecular weight excluding hydrogens is 174 g/mol. The maximum absolute atomic E-state index is 11.3. The first-order valence-corrected chi connectivity index (χ1v) is 4.04. The van der Waals surface area contributed by atoms with Crippen molar-refractivity contribution in [2.75, 3.05) is 20.2 Å². The maximum atomic E-state index is 11.3. The van der Waals surface area contributed by atoms with Gasteiger partial charge in [-0.2, -0.15) is 0 Å². The zero-order chi connectivity index (χ0) is 9.84. The summed E-state index contributed by atoms with van der Waals surface area (Å²) < 4.78 is 0. The molecule has 1 unspecified atom stereocenters. The van der Waals surface area contributed by atoms with Gasteiger partial charge in [-0.25, -0.2) is 5.48 Å². The highest BCUT2D eigenvalue weighted by atomic mass is 16.6. The first kappa shape index (κ1) is 9.94. The van der Waals surface area contributed by atoms with Crippen molar-refractivity contribution in [1.29, 1.82) is 0 Å². The van der Waals surface area contributed by atoms with Crippen LogP contribution in [-0.2, 0) is 14.4 Å². The number of nitrogens with one attached hydrogen (secondary N) is 1. The standard InChI is InChI=1S/C7H13N3O3/c1-9-13-4-6(11)10-3-2-5(10)7(8)12/h5,9H,2-4H2,1H3,(H2,8,12). The third kappa shape index (κ3) is 2.16. The van der Waals surface area contributed by atoms with E-state index in [4.69, 9.17) is 5.73 Å². The topological polar surface area (TPSA) is 84.7 Å². The normalized spacial score (nSPS) is 21.0. The molecule has 2 amide bonds. The average molecular weight is 187 g/mol. The number of hydrogen-bond donors (Lipinski definition) is 2. The largest absolute Gasteiger partial charge is 0.368 e. The summed E-state index contributed by atoms with van der Waals surface area (Å²) in [7, 11) is 1.56. The van der Waals surface area contributed by atoms with E-state index in [1.807, 2.05) is 0 Å². The molecule has 6 nitrogen and oxygen atoms in total. The van der Waals surface area contributed by atoms with Crippen molar-refractivity contribution in [1.82, 2.24) is 10.4 Å². The Morgan fingerprint density at radius 3 is 2.77 bits per heavy atom. The Balaban J connectivity index is 2.35. The number of amides is 2. The molecule has 1 heterocycles. The van der Waals surface area contributed by atoms with Crippen molar-refractivity contribution < 1.29 is 14.4 Å². The van der Waals surface area contributed by atoms with E-state index in [2.05, 4.69) is 10.3 Å². The second-order valence-corrected chi connectivity index (χ2v) is 2.79. The SMILES string of the molecule is CNOCC(=O)N1CCC1C(N)=O. The Hall–Kier alpha value is -1.14. The molecule has 0 bridgehead atoms. The first-order valence-electron chi connectivity index (χ1n) is 4.04. The molecule has 1 aliphatic heterocycles. The van der Waals surface area contributed by atoms with Crippen LogP contribution in [0.5, 0.6) is 0 Å². The van der Waals surface area contributed by atoms with Gasteiger partial charge in [-0.15, -0.1) is 0 Å². The minimum absolute atomic E-state index is 0.0692. The Morgan fingerprint density at radius 2 is 2.38 bits per heavy atom. The van der Waals surface area contributed by atoms with Crippen LogP contribution in [0.15, 0.2) is 0 Å². The van der Waals surface area contributed by atoms with Gasteiger partial charge in [0.25, 0.3) is 5.91 Å². The van der Waals surface area contributed by atoms with Gasteiger partial charge in [0.1, 0.15) is 12.6 Å². The van der Waals surface area contributed by atoms with Crippen molar-refractivity contribution >= 4 is 11.8 Å². The summed E-state index contributed by atoms with van der Waals surface area (Å²) in [6, 6.07) is -0.437. The number of hydroxylamine groups is 1.